The fraction of sp³-hybridized carbons (Fsp3) is 0.458. The molecule has 6 atom stereocenters. The first-order chi connectivity index (χ1) is 15.8. The van der Waals surface area contributed by atoms with Gasteiger partial charge in [0.05, 0.1) is 41.3 Å². The number of rotatable bonds is 3. The van der Waals surface area contributed by atoms with Crippen LogP contribution in [0.3, 0.4) is 0 Å². The van der Waals surface area contributed by atoms with Crippen LogP contribution in [0.25, 0.3) is 0 Å². The van der Waals surface area contributed by atoms with Crippen molar-refractivity contribution in [1.29, 1.82) is 0 Å². The van der Waals surface area contributed by atoms with Crippen LogP contribution in [-0.4, -0.2) is 83.2 Å². The molecule has 0 bridgehead atoms. The molecule has 2 fully saturated rings. The standard InChI is InChI=1S/C24H26ClN3O5/c1-14(13-29)28-20-23(32)27(16-8-4-3-7-15(16)25)12-6-10-24(20)19(22(28)31)18-17(33-24)9-5-11-26(2)21(18)30/h3-10,14,17-20,29H,11-13H2,1-2H3/t14-,17+,18-,19+,20?,24+/m1/s1. The zero-order valence-electron chi connectivity index (χ0n) is 18.4. The Balaban J connectivity index is 1.66. The lowest BCUT2D eigenvalue weighted by Gasteiger charge is -2.37. The van der Waals surface area contributed by atoms with Crippen LogP contribution in [0.1, 0.15) is 6.92 Å². The maximum absolute atomic E-state index is 14.1. The molecule has 4 heterocycles. The maximum atomic E-state index is 14.1. The molecule has 0 aromatic heterocycles. The van der Waals surface area contributed by atoms with Gasteiger partial charge in [0.2, 0.25) is 11.8 Å². The number of aliphatic hydroxyl groups excluding tert-OH is 1. The average Bonchev–Trinajstić information content (AvgIpc) is 3.14. The van der Waals surface area contributed by atoms with E-state index in [9.17, 15) is 19.5 Å². The number of anilines is 1. The van der Waals surface area contributed by atoms with Crippen molar-refractivity contribution in [1.82, 2.24) is 9.80 Å². The maximum Gasteiger partial charge on any atom is 0.253 e. The summed E-state index contributed by atoms with van der Waals surface area (Å²) < 4.78 is 6.49. The lowest BCUT2D eigenvalue weighted by molar-refractivity contribution is -0.146. The monoisotopic (exact) mass is 471 g/mol. The van der Waals surface area contributed by atoms with Gasteiger partial charge in [0.1, 0.15) is 11.6 Å². The summed E-state index contributed by atoms with van der Waals surface area (Å²) in [5.74, 6) is -2.52. The molecule has 1 unspecified atom stereocenters. The number of benzene rings is 1. The van der Waals surface area contributed by atoms with Crippen molar-refractivity contribution >= 4 is 35.0 Å². The molecule has 0 saturated carbocycles. The summed E-state index contributed by atoms with van der Waals surface area (Å²) in [6.45, 7) is 2.03. The third-order valence-corrected chi connectivity index (χ3v) is 7.50. The van der Waals surface area contributed by atoms with Crippen molar-refractivity contribution in [2.24, 2.45) is 11.8 Å². The van der Waals surface area contributed by atoms with Crippen molar-refractivity contribution in [3.05, 3.63) is 53.6 Å². The summed E-state index contributed by atoms with van der Waals surface area (Å²) in [6, 6.07) is 5.35. The van der Waals surface area contributed by atoms with E-state index in [0.717, 1.165) is 0 Å². The molecule has 3 amide bonds. The van der Waals surface area contributed by atoms with Gasteiger partial charge < -0.3 is 24.5 Å². The normalized spacial score (nSPS) is 34.2. The van der Waals surface area contributed by atoms with Crippen LogP contribution in [0.4, 0.5) is 5.69 Å². The minimum Gasteiger partial charge on any atom is -0.394 e. The number of carbonyl (C=O) groups excluding carboxylic acids is 3. The minimum atomic E-state index is -1.32. The molecule has 1 aromatic carbocycles. The Kier molecular flexibility index (Phi) is 5.34. The van der Waals surface area contributed by atoms with E-state index >= 15 is 0 Å². The molecule has 1 N–H and O–H groups in total. The van der Waals surface area contributed by atoms with Crippen molar-refractivity contribution in [2.45, 2.75) is 30.7 Å². The lowest BCUT2D eigenvalue weighted by atomic mass is 9.77. The Morgan fingerprint density at radius 2 is 1.91 bits per heavy atom. The van der Waals surface area contributed by atoms with Crippen LogP contribution in [0.5, 0.6) is 0 Å². The van der Waals surface area contributed by atoms with E-state index < -0.39 is 35.6 Å². The first-order valence-corrected chi connectivity index (χ1v) is 11.5. The molecule has 8 nitrogen and oxygen atoms in total. The molecule has 5 rings (SSSR count). The average molecular weight is 472 g/mol. The highest BCUT2D eigenvalue weighted by Gasteiger charge is 2.72. The van der Waals surface area contributed by atoms with E-state index in [4.69, 9.17) is 16.3 Å². The molecule has 0 aliphatic carbocycles. The lowest BCUT2D eigenvalue weighted by Crippen LogP contribution is -2.57. The van der Waals surface area contributed by atoms with Crippen LogP contribution < -0.4 is 4.90 Å². The largest absolute Gasteiger partial charge is 0.394 e. The second-order valence-electron chi connectivity index (χ2n) is 9.07. The summed E-state index contributed by atoms with van der Waals surface area (Å²) in [7, 11) is 1.69. The molecule has 4 aliphatic rings. The molecule has 2 saturated heterocycles. The Morgan fingerprint density at radius 3 is 2.64 bits per heavy atom. The van der Waals surface area contributed by atoms with Crippen LogP contribution in [-0.2, 0) is 19.1 Å². The Labute approximate surface area is 197 Å². The molecule has 1 aromatic rings. The van der Waals surface area contributed by atoms with Gasteiger partial charge in [-0.25, -0.2) is 0 Å². The number of hydrogen-bond donors (Lipinski definition) is 1. The smallest absolute Gasteiger partial charge is 0.253 e. The number of likely N-dealkylation sites (N-methyl/N-ethyl adjacent to an activating group) is 1. The van der Waals surface area contributed by atoms with E-state index in [1.807, 2.05) is 12.2 Å². The van der Waals surface area contributed by atoms with Gasteiger partial charge in [-0.15, -0.1) is 0 Å². The zero-order chi connectivity index (χ0) is 23.5. The van der Waals surface area contributed by atoms with Crippen LogP contribution >= 0.6 is 11.6 Å². The van der Waals surface area contributed by atoms with Gasteiger partial charge in [-0.2, -0.15) is 0 Å². The van der Waals surface area contributed by atoms with Gasteiger partial charge in [-0.1, -0.05) is 48.0 Å². The number of likely N-dealkylation sites (tertiary alicyclic amines) is 1. The van der Waals surface area contributed by atoms with E-state index in [2.05, 4.69) is 0 Å². The van der Waals surface area contributed by atoms with Crippen molar-refractivity contribution < 1.29 is 24.2 Å². The summed E-state index contributed by atoms with van der Waals surface area (Å²) >= 11 is 6.41. The summed E-state index contributed by atoms with van der Waals surface area (Å²) in [4.78, 5) is 45.7. The molecule has 0 radical (unpaired) electrons. The van der Waals surface area contributed by atoms with Gasteiger partial charge in [0.15, 0.2) is 0 Å². The number of aliphatic hydroxyl groups is 1. The quantitative estimate of drug-likeness (QED) is 0.670. The van der Waals surface area contributed by atoms with Gasteiger partial charge in [0.25, 0.3) is 5.91 Å². The Bertz CT molecular complexity index is 1070. The number of halogens is 1. The predicted octanol–water partition coefficient (Wildman–Crippen LogP) is 1.23. The Hall–Kier alpha value is -2.68. The third kappa shape index (κ3) is 3.08. The second-order valence-corrected chi connectivity index (χ2v) is 9.48. The zero-order valence-corrected chi connectivity index (χ0v) is 19.2. The van der Waals surface area contributed by atoms with Crippen molar-refractivity contribution in [3.8, 4) is 0 Å². The predicted molar refractivity (Wildman–Crippen MR) is 121 cm³/mol. The number of hydrogen-bond acceptors (Lipinski definition) is 5. The fourth-order valence-corrected chi connectivity index (χ4v) is 5.89. The van der Waals surface area contributed by atoms with Gasteiger partial charge in [-0.3, -0.25) is 14.4 Å². The highest BCUT2D eigenvalue weighted by atomic mass is 35.5. The third-order valence-electron chi connectivity index (χ3n) is 7.18. The highest BCUT2D eigenvalue weighted by molar-refractivity contribution is 6.34. The van der Waals surface area contributed by atoms with Gasteiger partial charge in [0, 0.05) is 20.1 Å². The van der Waals surface area contributed by atoms with E-state index in [1.165, 1.54) is 9.80 Å². The summed E-state index contributed by atoms with van der Waals surface area (Å²) in [5, 5.41) is 10.3. The first kappa shape index (κ1) is 22.1. The van der Waals surface area contributed by atoms with Crippen LogP contribution in [0, 0.1) is 11.8 Å². The Morgan fingerprint density at radius 1 is 1.15 bits per heavy atom. The van der Waals surface area contributed by atoms with E-state index in [-0.39, 0.29) is 30.9 Å². The number of fused-ring (bicyclic) bond motifs is 2. The molecule has 4 aliphatic heterocycles. The molecular formula is C24H26ClN3O5. The second kappa shape index (κ2) is 7.97. The SMILES string of the molecule is C[C@H](CO)N1C(=O)[C@@H]2[C@@H]3C(=O)N(C)CC=C[C@@H]3O[C@@]23C=CCN(c2ccccc2Cl)C(=O)C13. The first-order valence-electron chi connectivity index (χ1n) is 11.1. The highest BCUT2D eigenvalue weighted by Crippen LogP contribution is 2.54. The minimum absolute atomic E-state index is 0.189. The molecular weight excluding hydrogens is 446 g/mol. The van der Waals surface area contributed by atoms with Gasteiger partial charge >= 0.3 is 0 Å². The molecule has 9 heteroatoms. The fourth-order valence-electron chi connectivity index (χ4n) is 5.65. The molecule has 33 heavy (non-hydrogen) atoms. The number of ether oxygens (including phenoxy) is 1. The molecule has 174 valence electrons. The van der Waals surface area contributed by atoms with Gasteiger partial charge in [-0.05, 0) is 19.1 Å². The topological polar surface area (TPSA) is 90.4 Å². The summed E-state index contributed by atoms with van der Waals surface area (Å²) in [5.41, 5.74) is -0.789. The molecule has 1 spiro atoms. The number of nitrogens with zero attached hydrogens (tertiary/aromatic N) is 3. The van der Waals surface area contributed by atoms with Crippen molar-refractivity contribution in [3.63, 3.8) is 0 Å². The number of amides is 3. The number of para-hydroxylation sites is 1. The van der Waals surface area contributed by atoms with Crippen LogP contribution in [0.15, 0.2) is 48.6 Å². The van der Waals surface area contributed by atoms with E-state index in [1.54, 1.807) is 55.3 Å². The van der Waals surface area contributed by atoms with E-state index in [0.29, 0.717) is 17.3 Å². The van der Waals surface area contributed by atoms with Crippen LogP contribution in [0.2, 0.25) is 5.02 Å². The summed E-state index contributed by atoms with van der Waals surface area (Å²) in [6.07, 6.45) is 6.63. The number of carbonyl (C=O) groups is 3. The van der Waals surface area contributed by atoms with Crippen molar-refractivity contribution in [2.75, 3.05) is 31.6 Å².